The summed E-state index contributed by atoms with van der Waals surface area (Å²) in [5, 5.41) is 24.2. The summed E-state index contributed by atoms with van der Waals surface area (Å²) in [6, 6.07) is 10.8. The Morgan fingerprint density at radius 1 is 1.00 bits per heavy atom. The lowest BCUT2D eigenvalue weighted by Gasteiger charge is -2.32. The minimum atomic E-state index is -5.40. The van der Waals surface area contributed by atoms with Gasteiger partial charge in [-0.1, -0.05) is 0 Å². The molecule has 43 heavy (non-hydrogen) atoms. The van der Waals surface area contributed by atoms with Gasteiger partial charge in [-0.2, -0.15) is 13.2 Å². The van der Waals surface area contributed by atoms with E-state index in [-0.39, 0.29) is 17.2 Å². The number of nitrogens with zero attached hydrogens (tertiary/aromatic N) is 2. The smallest absolute Gasteiger partial charge is 0.424 e. The number of hydrogen-bond acceptors (Lipinski definition) is 6. The van der Waals surface area contributed by atoms with Gasteiger partial charge in [0.05, 0.1) is 23.4 Å². The van der Waals surface area contributed by atoms with Crippen LogP contribution in [0.15, 0.2) is 54.6 Å². The van der Waals surface area contributed by atoms with E-state index in [1.807, 2.05) is 0 Å². The van der Waals surface area contributed by atoms with Crippen LogP contribution < -0.4 is 10.1 Å². The zero-order chi connectivity index (χ0) is 31.3. The van der Waals surface area contributed by atoms with Gasteiger partial charge >= 0.3 is 6.18 Å². The Kier molecular flexibility index (Phi) is 7.64. The second-order valence-corrected chi connectivity index (χ2v) is 11.2. The topological polar surface area (TPSA) is 105 Å². The molecule has 0 bridgehead atoms. The zero-order valence-electron chi connectivity index (χ0n) is 23.4. The summed E-state index contributed by atoms with van der Waals surface area (Å²) in [5.41, 5.74) is -6.93. The zero-order valence-corrected chi connectivity index (χ0v) is 23.4. The molecule has 2 aromatic carbocycles. The van der Waals surface area contributed by atoms with Crippen molar-refractivity contribution >= 4 is 16.8 Å². The van der Waals surface area contributed by atoms with Crippen molar-refractivity contribution in [3.05, 3.63) is 88.6 Å². The maximum Gasteiger partial charge on any atom is 0.424 e. The number of amides is 1. The molecule has 1 aliphatic carbocycles. The van der Waals surface area contributed by atoms with Gasteiger partial charge in [0.1, 0.15) is 17.6 Å². The van der Waals surface area contributed by atoms with Crippen LogP contribution in [0.4, 0.5) is 22.0 Å². The van der Waals surface area contributed by atoms with Gasteiger partial charge in [-0.25, -0.2) is 18.7 Å². The largest absolute Gasteiger partial charge is 0.474 e. The molecule has 3 N–H and O–H groups in total. The van der Waals surface area contributed by atoms with Crippen LogP contribution in [0.5, 0.6) is 5.88 Å². The van der Waals surface area contributed by atoms with Crippen molar-refractivity contribution in [1.29, 1.82) is 0 Å². The highest BCUT2D eigenvalue weighted by Gasteiger charge is 2.57. The van der Waals surface area contributed by atoms with E-state index in [4.69, 9.17) is 4.74 Å². The molecule has 0 saturated heterocycles. The number of aliphatic hydroxyl groups is 2. The monoisotopic (exact) mass is 601 g/mol. The van der Waals surface area contributed by atoms with E-state index in [9.17, 15) is 32.6 Å². The summed E-state index contributed by atoms with van der Waals surface area (Å²) in [7, 11) is 0. The molecule has 0 radical (unpaired) electrons. The van der Waals surface area contributed by atoms with Crippen LogP contribution in [0.1, 0.15) is 53.9 Å². The van der Waals surface area contributed by atoms with Crippen LogP contribution in [0.3, 0.4) is 0 Å². The molecule has 12 heteroatoms. The second kappa shape index (κ2) is 10.8. The predicted molar refractivity (Wildman–Crippen MR) is 147 cm³/mol. The van der Waals surface area contributed by atoms with E-state index in [1.54, 1.807) is 13.0 Å². The van der Waals surface area contributed by atoms with E-state index in [0.717, 1.165) is 56.5 Å². The molecule has 2 heterocycles. The van der Waals surface area contributed by atoms with Crippen molar-refractivity contribution in [2.45, 2.75) is 57.1 Å². The Bertz CT molecular complexity index is 1700. The van der Waals surface area contributed by atoms with Crippen molar-refractivity contribution in [3.63, 3.8) is 0 Å². The van der Waals surface area contributed by atoms with Crippen molar-refractivity contribution in [2.24, 2.45) is 0 Å². The van der Waals surface area contributed by atoms with Gasteiger partial charge in [0.15, 0.2) is 5.82 Å². The summed E-state index contributed by atoms with van der Waals surface area (Å²) in [6.07, 6.45) is -3.38. The number of benzene rings is 2. The van der Waals surface area contributed by atoms with Crippen molar-refractivity contribution in [2.75, 3.05) is 6.54 Å². The summed E-state index contributed by atoms with van der Waals surface area (Å²) < 4.78 is 78.1. The molecule has 5 rings (SSSR count). The van der Waals surface area contributed by atoms with Gasteiger partial charge < -0.3 is 20.3 Å². The average molecular weight is 602 g/mol. The lowest BCUT2D eigenvalue weighted by atomic mass is 9.90. The first-order valence-electron chi connectivity index (χ1n) is 13.4. The number of nitrogens with one attached hydrogen (secondary N) is 1. The molecule has 0 aliphatic heterocycles. The molecule has 7 nitrogen and oxygen atoms in total. The fourth-order valence-corrected chi connectivity index (χ4v) is 4.50. The fourth-order valence-electron chi connectivity index (χ4n) is 4.50. The summed E-state index contributed by atoms with van der Waals surface area (Å²) in [4.78, 5) is 21.2. The molecule has 226 valence electrons. The Balaban J connectivity index is 1.48. The number of ether oxygens (including phenoxy) is 1. The molecular weight excluding hydrogens is 573 g/mol. The quantitative estimate of drug-likeness (QED) is 0.220. The van der Waals surface area contributed by atoms with Crippen LogP contribution in [0, 0.1) is 18.6 Å². The van der Waals surface area contributed by atoms with E-state index >= 15 is 4.39 Å². The maximum absolute atomic E-state index is 15.4. The minimum absolute atomic E-state index is 0.00494. The van der Waals surface area contributed by atoms with Gasteiger partial charge in [-0.3, -0.25) is 4.79 Å². The molecule has 1 atom stereocenters. The number of fused-ring (bicyclic) bond motifs is 1. The van der Waals surface area contributed by atoms with Crippen LogP contribution in [0.25, 0.3) is 22.2 Å². The lowest BCUT2D eigenvalue weighted by Crippen LogP contribution is -2.51. The highest BCUT2D eigenvalue weighted by atomic mass is 19.4. The Labute approximate surface area is 243 Å². The third kappa shape index (κ3) is 6.16. The average Bonchev–Trinajstić information content (AvgIpc) is 3.75. The van der Waals surface area contributed by atoms with Gasteiger partial charge in [-0.05, 0) is 88.2 Å². The number of aromatic nitrogens is 2. The molecule has 1 amide bonds. The molecule has 0 spiro atoms. The molecule has 1 saturated carbocycles. The minimum Gasteiger partial charge on any atom is -0.474 e. The molecular formula is C31H28F5N3O4. The molecule has 4 aromatic rings. The van der Waals surface area contributed by atoms with Crippen molar-refractivity contribution < 1.29 is 41.7 Å². The standard InChI is InChI=1S/C31H28F5N3O4/c1-16-12-19-13-18(6-11-23(19)38-28(16)43-21-9-10-21)27(40)37-15-30(42,31(34,35)36)24-14-22(29(2,3)41)25(33)26(39-24)17-4-7-20(32)8-5-17/h4-8,11-14,21,41-42H,9-10,15H2,1-3H3,(H,37,40). The van der Waals surface area contributed by atoms with Gasteiger partial charge in [0.2, 0.25) is 11.5 Å². The number of aryl methyl sites for hydroxylation is 1. The van der Waals surface area contributed by atoms with Crippen LogP contribution in [-0.2, 0) is 11.2 Å². The highest BCUT2D eigenvalue weighted by Crippen LogP contribution is 2.41. The first-order valence-corrected chi connectivity index (χ1v) is 13.4. The number of halogens is 5. The molecule has 1 aliphatic rings. The second-order valence-electron chi connectivity index (χ2n) is 11.2. The fraction of sp³-hybridized carbons (Fsp3) is 0.323. The maximum atomic E-state index is 15.4. The van der Waals surface area contributed by atoms with Crippen molar-refractivity contribution in [3.8, 4) is 17.1 Å². The Hall–Kier alpha value is -4.16. The molecule has 1 unspecified atom stereocenters. The number of carbonyl (C=O) groups is 1. The van der Waals surface area contributed by atoms with Crippen molar-refractivity contribution in [1.82, 2.24) is 15.3 Å². The Morgan fingerprint density at radius 2 is 1.67 bits per heavy atom. The number of hydrogen-bond donors (Lipinski definition) is 3. The predicted octanol–water partition coefficient (Wildman–Crippen LogP) is 5.83. The molecule has 1 fully saturated rings. The first kappa shape index (κ1) is 30.3. The number of alkyl halides is 3. The third-order valence-corrected chi connectivity index (χ3v) is 7.16. The van der Waals surface area contributed by atoms with Gasteiger partial charge in [0.25, 0.3) is 5.91 Å². The normalized spacial score (nSPS) is 15.3. The van der Waals surface area contributed by atoms with E-state index in [1.165, 1.54) is 18.2 Å². The van der Waals surface area contributed by atoms with Gasteiger partial charge in [0, 0.05) is 27.6 Å². The highest BCUT2D eigenvalue weighted by molar-refractivity contribution is 5.98. The third-order valence-electron chi connectivity index (χ3n) is 7.16. The summed E-state index contributed by atoms with van der Waals surface area (Å²) in [5.74, 6) is -2.28. The van der Waals surface area contributed by atoms with E-state index < -0.39 is 58.4 Å². The van der Waals surface area contributed by atoms with Crippen LogP contribution in [0.2, 0.25) is 0 Å². The lowest BCUT2D eigenvalue weighted by molar-refractivity contribution is -0.265. The first-order chi connectivity index (χ1) is 20.1. The summed E-state index contributed by atoms with van der Waals surface area (Å²) >= 11 is 0. The number of pyridine rings is 2. The van der Waals surface area contributed by atoms with Gasteiger partial charge in [-0.15, -0.1) is 0 Å². The van der Waals surface area contributed by atoms with Crippen LogP contribution in [-0.4, -0.2) is 44.9 Å². The molecule has 2 aromatic heterocycles. The number of carbonyl (C=O) groups excluding carboxylic acids is 1. The van der Waals surface area contributed by atoms with E-state index in [2.05, 4.69) is 15.3 Å². The summed E-state index contributed by atoms with van der Waals surface area (Å²) in [6.45, 7) is 2.70. The van der Waals surface area contributed by atoms with E-state index in [0.29, 0.717) is 22.8 Å². The van der Waals surface area contributed by atoms with Crippen LogP contribution >= 0.6 is 0 Å². The Morgan fingerprint density at radius 3 is 2.28 bits per heavy atom. The SMILES string of the molecule is Cc1cc2cc(C(=O)NCC(O)(c3cc(C(C)(C)O)c(F)c(-c4ccc(F)cc4)n3)C(F)(F)F)ccc2nc1OC1CC1. The number of rotatable bonds is 8.